The summed E-state index contributed by atoms with van der Waals surface area (Å²) in [6.45, 7) is -1.25. The van der Waals surface area contributed by atoms with Crippen molar-refractivity contribution in [2.75, 3.05) is 12.4 Å². The molecule has 7 heteroatoms. The number of anilines is 1. The number of nitrogens with one attached hydrogen (secondary N) is 1. The van der Waals surface area contributed by atoms with Gasteiger partial charge in [0, 0.05) is 11.1 Å². The third-order valence-corrected chi connectivity index (χ3v) is 3.48. The maximum absolute atomic E-state index is 12.4. The lowest BCUT2D eigenvalue weighted by atomic mass is 10.1. The molecule has 0 saturated carbocycles. The van der Waals surface area contributed by atoms with Gasteiger partial charge < -0.3 is 14.8 Å². The minimum atomic E-state index is -3.02. The van der Waals surface area contributed by atoms with Gasteiger partial charge in [-0.2, -0.15) is 8.78 Å². The van der Waals surface area contributed by atoms with E-state index in [4.69, 9.17) is 16.3 Å². The summed E-state index contributed by atoms with van der Waals surface area (Å²) in [7, 11) is 1.44. The third-order valence-electron chi connectivity index (χ3n) is 3.08. The van der Waals surface area contributed by atoms with Crippen LogP contribution < -0.4 is 14.8 Å². The van der Waals surface area contributed by atoms with Gasteiger partial charge in [0.1, 0.15) is 11.5 Å². The zero-order valence-electron chi connectivity index (χ0n) is 12.4. The van der Waals surface area contributed by atoms with Crippen molar-refractivity contribution >= 4 is 23.2 Å². The quantitative estimate of drug-likeness (QED) is 0.870. The van der Waals surface area contributed by atoms with Gasteiger partial charge in [0.15, 0.2) is 0 Å². The first kappa shape index (κ1) is 17.0. The standard InChI is InChI=1S/C16H14ClF2NO3/c1-9-7-12(14(22-2)8-11(9)17)20-15(21)10-5-3-4-6-13(10)23-16(18)19/h3-8,16H,1-2H3,(H,20,21). The number of amides is 1. The molecule has 1 amide bonds. The number of methoxy groups -OCH3 is 1. The van der Waals surface area contributed by atoms with Gasteiger partial charge in [-0.15, -0.1) is 0 Å². The molecule has 0 spiro atoms. The zero-order chi connectivity index (χ0) is 17.0. The average Bonchev–Trinajstić information content (AvgIpc) is 2.50. The van der Waals surface area contributed by atoms with E-state index in [0.29, 0.717) is 16.5 Å². The number of hydrogen-bond donors (Lipinski definition) is 1. The predicted molar refractivity (Wildman–Crippen MR) is 83.8 cm³/mol. The van der Waals surface area contributed by atoms with Crippen LogP contribution in [-0.4, -0.2) is 19.6 Å². The van der Waals surface area contributed by atoms with E-state index < -0.39 is 12.5 Å². The second-order valence-corrected chi connectivity index (χ2v) is 5.04. The molecule has 122 valence electrons. The first-order valence-corrected chi connectivity index (χ1v) is 6.99. The van der Waals surface area contributed by atoms with Crippen molar-refractivity contribution in [2.45, 2.75) is 13.5 Å². The fraction of sp³-hybridized carbons (Fsp3) is 0.188. The van der Waals surface area contributed by atoms with Crippen molar-refractivity contribution in [1.29, 1.82) is 0 Å². The Morgan fingerprint density at radius 1 is 1.22 bits per heavy atom. The molecule has 0 bridgehead atoms. The highest BCUT2D eigenvalue weighted by molar-refractivity contribution is 6.31. The summed E-state index contributed by atoms with van der Waals surface area (Å²) >= 11 is 6.00. The number of para-hydroxylation sites is 1. The fourth-order valence-corrected chi connectivity index (χ4v) is 2.13. The number of halogens is 3. The monoisotopic (exact) mass is 341 g/mol. The van der Waals surface area contributed by atoms with Gasteiger partial charge in [-0.05, 0) is 30.7 Å². The molecule has 2 rings (SSSR count). The van der Waals surface area contributed by atoms with Crippen molar-refractivity contribution in [2.24, 2.45) is 0 Å². The average molecular weight is 342 g/mol. The first-order valence-electron chi connectivity index (χ1n) is 6.61. The van der Waals surface area contributed by atoms with E-state index in [1.54, 1.807) is 25.1 Å². The van der Waals surface area contributed by atoms with Crippen LogP contribution in [0.25, 0.3) is 0 Å². The Labute approximate surface area is 137 Å². The summed E-state index contributed by atoms with van der Waals surface area (Å²) in [4.78, 5) is 12.4. The highest BCUT2D eigenvalue weighted by Gasteiger charge is 2.17. The number of carbonyl (C=O) groups is 1. The lowest BCUT2D eigenvalue weighted by Gasteiger charge is -2.14. The molecule has 0 atom stereocenters. The van der Waals surface area contributed by atoms with Gasteiger partial charge in [-0.1, -0.05) is 23.7 Å². The molecule has 0 fully saturated rings. The van der Waals surface area contributed by atoms with Crippen molar-refractivity contribution in [3.63, 3.8) is 0 Å². The Morgan fingerprint density at radius 2 is 1.91 bits per heavy atom. The molecule has 23 heavy (non-hydrogen) atoms. The SMILES string of the molecule is COc1cc(Cl)c(C)cc1NC(=O)c1ccccc1OC(F)F. The van der Waals surface area contributed by atoms with Gasteiger partial charge in [0.2, 0.25) is 0 Å². The third kappa shape index (κ3) is 4.10. The smallest absolute Gasteiger partial charge is 0.387 e. The van der Waals surface area contributed by atoms with Crippen LogP contribution in [0.5, 0.6) is 11.5 Å². The van der Waals surface area contributed by atoms with Crippen molar-refractivity contribution < 1.29 is 23.0 Å². The molecular formula is C16H14ClF2NO3. The van der Waals surface area contributed by atoms with E-state index in [2.05, 4.69) is 10.1 Å². The Hall–Kier alpha value is -2.34. The lowest BCUT2D eigenvalue weighted by molar-refractivity contribution is -0.0501. The van der Waals surface area contributed by atoms with Crippen LogP contribution in [-0.2, 0) is 0 Å². The molecule has 2 aromatic carbocycles. The maximum atomic E-state index is 12.4. The summed E-state index contributed by atoms with van der Waals surface area (Å²) in [5.74, 6) is -0.438. The van der Waals surface area contributed by atoms with Gasteiger partial charge >= 0.3 is 6.61 Å². The predicted octanol–water partition coefficient (Wildman–Crippen LogP) is 4.51. The lowest BCUT2D eigenvalue weighted by Crippen LogP contribution is -2.15. The molecule has 0 aliphatic heterocycles. The van der Waals surface area contributed by atoms with Crippen molar-refractivity contribution in [3.05, 3.63) is 52.5 Å². The number of alkyl halides is 2. The minimum absolute atomic E-state index is 0.0116. The molecule has 2 aromatic rings. The van der Waals surface area contributed by atoms with Crippen LogP contribution >= 0.6 is 11.6 Å². The fourth-order valence-electron chi connectivity index (χ4n) is 1.97. The van der Waals surface area contributed by atoms with Crippen LogP contribution in [0.1, 0.15) is 15.9 Å². The normalized spacial score (nSPS) is 10.5. The van der Waals surface area contributed by atoms with Crippen molar-refractivity contribution in [3.8, 4) is 11.5 Å². The van der Waals surface area contributed by atoms with Crippen LogP contribution in [0, 0.1) is 6.92 Å². The van der Waals surface area contributed by atoms with Gasteiger partial charge in [-0.25, -0.2) is 0 Å². The molecule has 0 aromatic heterocycles. The van der Waals surface area contributed by atoms with Gasteiger partial charge in [0.05, 0.1) is 18.4 Å². The maximum Gasteiger partial charge on any atom is 0.387 e. The summed E-state index contributed by atoms with van der Waals surface area (Å²) in [5, 5.41) is 3.10. The molecule has 0 heterocycles. The molecule has 1 N–H and O–H groups in total. The first-order chi connectivity index (χ1) is 10.9. The highest BCUT2D eigenvalue weighted by Crippen LogP contribution is 2.32. The Bertz CT molecular complexity index is 722. The van der Waals surface area contributed by atoms with Gasteiger partial charge in [-0.3, -0.25) is 4.79 Å². The van der Waals surface area contributed by atoms with E-state index >= 15 is 0 Å². The molecule has 0 aliphatic carbocycles. The molecule has 0 unspecified atom stereocenters. The number of carbonyl (C=O) groups excluding carboxylic acids is 1. The Kier molecular flexibility index (Phi) is 5.39. The number of benzene rings is 2. The summed E-state index contributed by atoms with van der Waals surface area (Å²) in [6.07, 6.45) is 0. The van der Waals surface area contributed by atoms with Crippen LogP contribution in [0.3, 0.4) is 0 Å². The number of rotatable bonds is 5. The van der Waals surface area contributed by atoms with Crippen LogP contribution in [0.4, 0.5) is 14.5 Å². The Morgan fingerprint density at radius 3 is 2.57 bits per heavy atom. The topological polar surface area (TPSA) is 47.6 Å². The van der Waals surface area contributed by atoms with E-state index in [1.807, 2.05) is 0 Å². The zero-order valence-corrected chi connectivity index (χ0v) is 13.2. The van der Waals surface area contributed by atoms with Crippen LogP contribution in [0.15, 0.2) is 36.4 Å². The second-order valence-electron chi connectivity index (χ2n) is 4.63. The largest absolute Gasteiger partial charge is 0.495 e. The van der Waals surface area contributed by atoms with Crippen molar-refractivity contribution in [1.82, 2.24) is 0 Å². The number of ether oxygens (including phenoxy) is 2. The summed E-state index contributed by atoms with van der Waals surface area (Å²) in [6, 6.07) is 8.94. The minimum Gasteiger partial charge on any atom is -0.495 e. The summed E-state index contributed by atoms with van der Waals surface area (Å²) < 4.78 is 34.4. The Balaban J connectivity index is 2.31. The molecule has 4 nitrogen and oxygen atoms in total. The molecular weight excluding hydrogens is 328 g/mol. The number of hydrogen-bond acceptors (Lipinski definition) is 3. The molecule has 0 saturated heterocycles. The van der Waals surface area contributed by atoms with E-state index in [0.717, 1.165) is 5.56 Å². The summed E-state index contributed by atoms with van der Waals surface area (Å²) in [5.41, 5.74) is 1.11. The highest BCUT2D eigenvalue weighted by atomic mass is 35.5. The second kappa shape index (κ2) is 7.28. The van der Waals surface area contributed by atoms with E-state index in [9.17, 15) is 13.6 Å². The van der Waals surface area contributed by atoms with Gasteiger partial charge in [0.25, 0.3) is 5.91 Å². The van der Waals surface area contributed by atoms with E-state index in [-0.39, 0.29) is 11.3 Å². The van der Waals surface area contributed by atoms with E-state index in [1.165, 1.54) is 25.3 Å². The molecule has 0 aliphatic rings. The molecule has 0 radical (unpaired) electrons. The number of aryl methyl sites for hydroxylation is 1. The van der Waals surface area contributed by atoms with Crippen LogP contribution in [0.2, 0.25) is 5.02 Å².